The van der Waals surface area contributed by atoms with Crippen molar-refractivity contribution in [3.8, 4) is 0 Å². The van der Waals surface area contributed by atoms with Crippen molar-refractivity contribution in [1.29, 1.82) is 0 Å². The first-order valence-electron chi connectivity index (χ1n) is 3.19. The van der Waals surface area contributed by atoms with Gasteiger partial charge in [-0.3, -0.25) is 9.59 Å². The Labute approximate surface area is 60.0 Å². The first kappa shape index (κ1) is 8.94. The molecule has 0 atom stereocenters. The van der Waals surface area contributed by atoms with Crippen molar-refractivity contribution in [2.45, 2.75) is 12.8 Å². The molecule has 0 aromatic heterocycles. The fraction of sp³-hybridized carbons (Fsp3) is 0.667. The molecule has 4 heteroatoms. The van der Waals surface area contributed by atoms with Gasteiger partial charge in [0.1, 0.15) is 0 Å². The molecule has 0 radical (unpaired) electrons. The Hall–Kier alpha value is -1.06. The third-order valence-electron chi connectivity index (χ3n) is 1.02. The lowest BCUT2D eigenvalue weighted by atomic mass is 10.4. The normalized spacial score (nSPS) is 14.7. The summed E-state index contributed by atoms with van der Waals surface area (Å²) in [5.74, 6) is 0.204. The van der Waals surface area contributed by atoms with Crippen LogP contribution < -0.4 is 10.6 Å². The van der Waals surface area contributed by atoms with Gasteiger partial charge >= 0.3 is 0 Å². The van der Waals surface area contributed by atoms with Gasteiger partial charge in [0.2, 0.25) is 12.3 Å². The van der Waals surface area contributed by atoms with Crippen molar-refractivity contribution in [2.75, 3.05) is 13.6 Å². The molecule has 1 saturated heterocycles. The molecule has 4 nitrogen and oxygen atoms in total. The number of rotatable bonds is 1. The van der Waals surface area contributed by atoms with Crippen molar-refractivity contribution >= 4 is 12.3 Å². The van der Waals surface area contributed by atoms with Gasteiger partial charge < -0.3 is 10.6 Å². The van der Waals surface area contributed by atoms with E-state index in [4.69, 9.17) is 4.79 Å². The predicted molar refractivity (Wildman–Crippen MR) is 37.4 cm³/mol. The molecule has 1 fully saturated rings. The molecule has 0 aromatic rings. The highest BCUT2D eigenvalue weighted by molar-refractivity contribution is 5.77. The number of hydrogen-bond acceptors (Lipinski definition) is 2. The Morgan fingerprint density at radius 1 is 1.70 bits per heavy atom. The number of carbonyl (C=O) groups excluding carboxylic acids is 2. The van der Waals surface area contributed by atoms with E-state index in [1.54, 1.807) is 7.05 Å². The highest BCUT2D eigenvalue weighted by Crippen LogP contribution is 1.93. The van der Waals surface area contributed by atoms with E-state index in [1.165, 1.54) is 0 Å². The van der Waals surface area contributed by atoms with Gasteiger partial charge in [-0.1, -0.05) is 0 Å². The smallest absolute Gasteiger partial charge is 0.220 e. The van der Waals surface area contributed by atoms with Crippen molar-refractivity contribution in [3.05, 3.63) is 0 Å². The summed E-state index contributed by atoms with van der Waals surface area (Å²) in [6.45, 7) is 0.888. The van der Waals surface area contributed by atoms with Crippen LogP contribution in [0.2, 0.25) is 0 Å². The van der Waals surface area contributed by atoms with Crippen LogP contribution in [0, 0.1) is 0 Å². The Bertz CT molecular complexity index is 106. The number of amides is 2. The van der Waals surface area contributed by atoms with Crippen LogP contribution >= 0.6 is 0 Å². The van der Waals surface area contributed by atoms with Gasteiger partial charge in [0.05, 0.1) is 0 Å². The van der Waals surface area contributed by atoms with Gasteiger partial charge in [-0.15, -0.1) is 0 Å². The average Bonchev–Trinajstić information content (AvgIpc) is 2.40. The second kappa shape index (κ2) is 6.07. The molecule has 0 aromatic carbocycles. The van der Waals surface area contributed by atoms with Crippen LogP contribution in [0.1, 0.15) is 12.8 Å². The van der Waals surface area contributed by atoms with Crippen molar-refractivity contribution in [3.63, 3.8) is 0 Å². The Morgan fingerprint density at radius 2 is 2.30 bits per heavy atom. The highest BCUT2D eigenvalue weighted by Gasteiger charge is 2.05. The lowest BCUT2D eigenvalue weighted by molar-refractivity contribution is -0.119. The third kappa shape index (κ3) is 5.08. The molecule has 2 amide bonds. The minimum absolute atomic E-state index is 0.204. The second-order valence-electron chi connectivity index (χ2n) is 1.86. The molecule has 10 heavy (non-hydrogen) atoms. The summed E-state index contributed by atoms with van der Waals surface area (Å²) in [5.41, 5.74) is 0. The molecule has 1 heterocycles. The molecule has 0 saturated carbocycles. The number of nitrogens with one attached hydrogen (secondary N) is 2. The Kier molecular flexibility index (Phi) is 5.42. The first-order valence-corrected chi connectivity index (χ1v) is 3.19. The van der Waals surface area contributed by atoms with Crippen LogP contribution in [-0.2, 0) is 9.59 Å². The van der Waals surface area contributed by atoms with Gasteiger partial charge in [0, 0.05) is 20.0 Å². The molecule has 0 unspecified atom stereocenters. The van der Waals surface area contributed by atoms with E-state index in [-0.39, 0.29) is 5.91 Å². The lowest BCUT2D eigenvalue weighted by Crippen LogP contribution is -2.12. The van der Waals surface area contributed by atoms with Gasteiger partial charge in [-0.25, -0.2) is 0 Å². The predicted octanol–water partition coefficient (Wildman–Crippen LogP) is -0.741. The molecular weight excluding hydrogens is 132 g/mol. The maximum atomic E-state index is 10.1. The fourth-order valence-electron chi connectivity index (χ4n) is 0.565. The molecule has 1 rings (SSSR count). The summed E-state index contributed by atoms with van der Waals surface area (Å²) < 4.78 is 0. The standard InChI is InChI=1S/C4H7NO.C2H5NO/c6-4-2-1-3-5-4;1-3-2-4/h1-3H2,(H,5,6);2H,1H3,(H,3,4). The van der Waals surface area contributed by atoms with E-state index in [0.717, 1.165) is 19.4 Å². The largest absolute Gasteiger partial charge is 0.362 e. The van der Waals surface area contributed by atoms with Crippen molar-refractivity contribution in [2.24, 2.45) is 0 Å². The van der Waals surface area contributed by atoms with Gasteiger partial charge in [-0.2, -0.15) is 0 Å². The van der Waals surface area contributed by atoms with Crippen LogP contribution in [0.3, 0.4) is 0 Å². The van der Waals surface area contributed by atoms with Gasteiger partial charge in [-0.05, 0) is 6.42 Å². The molecule has 2 N–H and O–H groups in total. The minimum atomic E-state index is 0.204. The third-order valence-corrected chi connectivity index (χ3v) is 1.02. The highest BCUT2D eigenvalue weighted by atomic mass is 16.1. The van der Waals surface area contributed by atoms with Crippen molar-refractivity contribution in [1.82, 2.24) is 10.6 Å². The SMILES string of the molecule is CNC=O.O=C1CCCN1. The topological polar surface area (TPSA) is 58.2 Å². The molecule has 0 spiro atoms. The lowest BCUT2D eigenvalue weighted by Gasteiger charge is -1.80. The molecular formula is C6H12N2O2. The van der Waals surface area contributed by atoms with E-state index >= 15 is 0 Å². The van der Waals surface area contributed by atoms with E-state index in [9.17, 15) is 4.79 Å². The monoisotopic (exact) mass is 144 g/mol. The Morgan fingerprint density at radius 3 is 2.40 bits per heavy atom. The zero-order valence-corrected chi connectivity index (χ0v) is 6.02. The van der Waals surface area contributed by atoms with Crippen LogP contribution in [-0.4, -0.2) is 25.9 Å². The maximum absolute atomic E-state index is 10.1. The van der Waals surface area contributed by atoms with Crippen LogP contribution in [0.5, 0.6) is 0 Å². The summed E-state index contributed by atoms with van der Waals surface area (Å²) in [6.07, 6.45) is 2.39. The molecule has 1 aliphatic rings. The molecule has 0 aliphatic carbocycles. The van der Waals surface area contributed by atoms with Crippen molar-refractivity contribution < 1.29 is 9.59 Å². The van der Waals surface area contributed by atoms with E-state index in [0.29, 0.717) is 6.41 Å². The van der Waals surface area contributed by atoms with Gasteiger partial charge in [0.15, 0.2) is 0 Å². The van der Waals surface area contributed by atoms with Crippen LogP contribution in [0.25, 0.3) is 0 Å². The number of carbonyl (C=O) groups is 2. The summed E-state index contributed by atoms with van der Waals surface area (Å²) in [7, 11) is 1.56. The first-order chi connectivity index (χ1) is 4.81. The number of hydrogen-bond donors (Lipinski definition) is 2. The fourth-order valence-corrected chi connectivity index (χ4v) is 0.565. The summed E-state index contributed by atoms with van der Waals surface area (Å²) in [6, 6.07) is 0. The zero-order valence-electron chi connectivity index (χ0n) is 6.02. The van der Waals surface area contributed by atoms with Crippen LogP contribution in [0.15, 0.2) is 0 Å². The molecule has 1 aliphatic heterocycles. The Balaban J connectivity index is 0.000000180. The van der Waals surface area contributed by atoms with E-state index in [2.05, 4.69) is 10.6 Å². The summed E-state index contributed by atoms with van der Waals surface area (Å²) in [4.78, 5) is 19.2. The maximum Gasteiger partial charge on any atom is 0.220 e. The minimum Gasteiger partial charge on any atom is -0.362 e. The zero-order chi connectivity index (χ0) is 7.82. The average molecular weight is 144 g/mol. The molecule has 0 bridgehead atoms. The van der Waals surface area contributed by atoms with Gasteiger partial charge in [0.25, 0.3) is 0 Å². The van der Waals surface area contributed by atoms with E-state index in [1.807, 2.05) is 0 Å². The molecule has 58 valence electrons. The van der Waals surface area contributed by atoms with E-state index < -0.39 is 0 Å². The quantitative estimate of drug-likeness (QED) is 0.476. The second-order valence-corrected chi connectivity index (χ2v) is 1.86. The van der Waals surface area contributed by atoms with Crippen LogP contribution in [0.4, 0.5) is 0 Å². The summed E-state index contributed by atoms with van der Waals surface area (Å²) in [5, 5.41) is 4.93. The summed E-state index contributed by atoms with van der Waals surface area (Å²) >= 11 is 0.